The van der Waals surface area contributed by atoms with Gasteiger partial charge in [-0.2, -0.15) is 0 Å². The van der Waals surface area contributed by atoms with Crippen LogP contribution in [0.4, 0.5) is 0 Å². The van der Waals surface area contributed by atoms with Crippen molar-refractivity contribution in [3.63, 3.8) is 0 Å². The zero-order chi connectivity index (χ0) is 12.0. The summed E-state index contributed by atoms with van der Waals surface area (Å²) in [5.74, 6) is 0.742. The number of aromatic nitrogens is 2. The lowest BCUT2D eigenvalue weighted by molar-refractivity contribution is 0.0697. The van der Waals surface area contributed by atoms with Gasteiger partial charge >= 0.3 is 5.97 Å². The van der Waals surface area contributed by atoms with E-state index in [1.54, 1.807) is 12.1 Å². The van der Waals surface area contributed by atoms with Crippen LogP contribution < -0.4 is 0 Å². The molecular weight excluding hydrogens is 216 g/mol. The number of fused-ring (bicyclic) bond motifs is 1. The number of hydrogen-bond acceptors (Lipinski definition) is 2. The summed E-state index contributed by atoms with van der Waals surface area (Å²) in [5, 5.41) is 8.98. The molecule has 0 radical (unpaired) electrons. The molecule has 1 saturated carbocycles. The van der Waals surface area contributed by atoms with Crippen molar-refractivity contribution in [2.45, 2.75) is 32.1 Å². The number of carboxylic acids is 1. The molecule has 0 atom stereocenters. The maximum absolute atomic E-state index is 10.9. The van der Waals surface area contributed by atoms with Crippen molar-refractivity contribution in [2.75, 3.05) is 0 Å². The van der Waals surface area contributed by atoms with Gasteiger partial charge in [0.25, 0.3) is 0 Å². The smallest absolute Gasteiger partial charge is 0.335 e. The SMILES string of the molecule is Cc1nc(C2CCC2)n2ccc(C(=O)O)cc12. The van der Waals surface area contributed by atoms with E-state index in [1.807, 2.05) is 17.5 Å². The molecule has 1 N–H and O–H groups in total. The van der Waals surface area contributed by atoms with Crippen LogP contribution >= 0.6 is 0 Å². The molecular formula is C13H14N2O2. The van der Waals surface area contributed by atoms with Gasteiger partial charge in [0.1, 0.15) is 5.82 Å². The van der Waals surface area contributed by atoms with Crippen LogP contribution in [0.25, 0.3) is 5.52 Å². The number of aryl methyl sites for hydroxylation is 1. The molecule has 17 heavy (non-hydrogen) atoms. The van der Waals surface area contributed by atoms with E-state index >= 15 is 0 Å². The second-order valence-corrected chi connectivity index (χ2v) is 4.66. The molecule has 0 saturated heterocycles. The standard InChI is InChI=1S/C13H14N2O2/c1-8-11-7-10(13(16)17)5-6-15(11)12(14-8)9-3-2-4-9/h5-7,9H,2-4H2,1H3,(H,16,17). The minimum atomic E-state index is -0.890. The van der Waals surface area contributed by atoms with Gasteiger partial charge in [-0.1, -0.05) is 6.42 Å². The van der Waals surface area contributed by atoms with Crippen LogP contribution in [0.5, 0.6) is 0 Å². The molecule has 1 aliphatic rings. The van der Waals surface area contributed by atoms with Gasteiger partial charge < -0.3 is 9.51 Å². The van der Waals surface area contributed by atoms with Gasteiger partial charge in [-0.25, -0.2) is 9.78 Å². The highest BCUT2D eigenvalue weighted by molar-refractivity contribution is 5.89. The van der Waals surface area contributed by atoms with Crippen molar-refractivity contribution in [1.82, 2.24) is 9.38 Å². The normalized spacial score (nSPS) is 16.1. The number of hydrogen-bond donors (Lipinski definition) is 1. The summed E-state index contributed by atoms with van der Waals surface area (Å²) in [6, 6.07) is 3.34. The molecule has 0 aliphatic heterocycles. The van der Waals surface area contributed by atoms with E-state index in [0.717, 1.165) is 17.0 Å². The average molecular weight is 230 g/mol. The summed E-state index contributed by atoms with van der Waals surface area (Å²) in [4.78, 5) is 15.5. The summed E-state index contributed by atoms with van der Waals surface area (Å²) in [7, 11) is 0. The summed E-state index contributed by atoms with van der Waals surface area (Å²) >= 11 is 0. The second-order valence-electron chi connectivity index (χ2n) is 4.66. The fourth-order valence-corrected chi connectivity index (χ4v) is 2.35. The fourth-order valence-electron chi connectivity index (χ4n) is 2.35. The van der Waals surface area contributed by atoms with Crippen molar-refractivity contribution in [2.24, 2.45) is 0 Å². The highest BCUT2D eigenvalue weighted by atomic mass is 16.4. The third-order valence-electron chi connectivity index (χ3n) is 3.57. The van der Waals surface area contributed by atoms with Gasteiger partial charge in [-0.3, -0.25) is 0 Å². The predicted molar refractivity (Wildman–Crippen MR) is 63.5 cm³/mol. The van der Waals surface area contributed by atoms with Crippen LogP contribution in [0.3, 0.4) is 0 Å². The van der Waals surface area contributed by atoms with Crippen LogP contribution in [0.15, 0.2) is 18.3 Å². The Bertz CT molecular complexity index is 597. The molecule has 0 unspecified atom stereocenters. The van der Waals surface area contributed by atoms with E-state index in [2.05, 4.69) is 4.98 Å². The number of aromatic carboxylic acids is 1. The third-order valence-corrected chi connectivity index (χ3v) is 3.57. The van der Waals surface area contributed by atoms with Crippen LogP contribution in [0, 0.1) is 6.92 Å². The molecule has 2 heterocycles. The Labute approximate surface area is 98.9 Å². The molecule has 0 amide bonds. The van der Waals surface area contributed by atoms with E-state index in [1.165, 1.54) is 19.3 Å². The summed E-state index contributed by atoms with van der Waals surface area (Å²) in [5.41, 5.74) is 2.14. The second kappa shape index (κ2) is 3.58. The zero-order valence-electron chi connectivity index (χ0n) is 9.68. The molecule has 2 aromatic heterocycles. The van der Waals surface area contributed by atoms with Gasteiger partial charge in [0.05, 0.1) is 16.8 Å². The van der Waals surface area contributed by atoms with E-state index in [-0.39, 0.29) is 0 Å². The average Bonchev–Trinajstić information content (AvgIpc) is 2.54. The van der Waals surface area contributed by atoms with Gasteiger partial charge in [0.15, 0.2) is 0 Å². The minimum absolute atomic E-state index is 0.320. The van der Waals surface area contributed by atoms with Crippen LogP contribution in [0.1, 0.15) is 47.1 Å². The van der Waals surface area contributed by atoms with E-state index in [4.69, 9.17) is 5.11 Å². The first-order chi connectivity index (χ1) is 8.16. The number of pyridine rings is 1. The number of nitrogens with zero attached hydrogens (tertiary/aromatic N) is 2. The quantitative estimate of drug-likeness (QED) is 0.862. The molecule has 3 rings (SSSR count). The van der Waals surface area contributed by atoms with Crippen molar-refractivity contribution in [1.29, 1.82) is 0 Å². The van der Waals surface area contributed by atoms with E-state index in [0.29, 0.717) is 11.5 Å². The molecule has 1 aliphatic carbocycles. The van der Waals surface area contributed by atoms with E-state index < -0.39 is 5.97 Å². The largest absolute Gasteiger partial charge is 0.478 e. The topological polar surface area (TPSA) is 54.6 Å². The predicted octanol–water partition coefficient (Wildman–Crippen LogP) is 2.61. The lowest BCUT2D eigenvalue weighted by atomic mass is 9.85. The number of imidazole rings is 1. The Kier molecular flexibility index (Phi) is 2.18. The van der Waals surface area contributed by atoms with Crippen LogP contribution in [0.2, 0.25) is 0 Å². The minimum Gasteiger partial charge on any atom is -0.478 e. The Morgan fingerprint density at radius 2 is 2.29 bits per heavy atom. The Morgan fingerprint density at radius 1 is 1.53 bits per heavy atom. The molecule has 88 valence electrons. The van der Waals surface area contributed by atoms with Crippen LogP contribution in [-0.2, 0) is 0 Å². The maximum Gasteiger partial charge on any atom is 0.335 e. The molecule has 4 heteroatoms. The highest BCUT2D eigenvalue weighted by Gasteiger charge is 2.24. The van der Waals surface area contributed by atoms with Crippen molar-refractivity contribution >= 4 is 11.5 Å². The van der Waals surface area contributed by atoms with Gasteiger partial charge in [-0.15, -0.1) is 0 Å². The first kappa shape index (κ1) is 10.3. The monoisotopic (exact) mass is 230 g/mol. The molecule has 4 nitrogen and oxygen atoms in total. The molecule has 2 aromatic rings. The number of carbonyl (C=O) groups is 1. The molecule has 0 aromatic carbocycles. The lowest BCUT2D eigenvalue weighted by Crippen LogP contribution is -2.12. The Hall–Kier alpha value is -1.84. The Morgan fingerprint density at radius 3 is 2.88 bits per heavy atom. The van der Waals surface area contributed by atoms with Crippen LogP contribution in [-0.4, -0.2) is 20.5 Å². The maximum atomic E-state index is 10.9. The van der Waals surface area contributed by atoms with Crippen molar-refractivity contribution in [3.8, 4) is 0 Å². The van der Waals surface area contributed by atoms with E-state index in [9.17, 15) is 4.79 Å². The number of carboxylic acid groups (broad SMARTS) is 1. The lowest BCUT2D eigenvalue weighted by Gasteiger charge is -2.23. The molecule has 1 fully saturated rings. The van der Waals surface area contributed by atoms with Gasteiger partial charge in [0.2, 0.25) is 0 Å². The first-order valence-corrected chi connectivity index (χ1v) is 5.88. The molecule has 0 bridgehead atoms. The third kappa shape index (κ3) is 1.52. The highest BCUT2D eigenvalue weighted by Crippen LogP contribution is 2.36. The fraction of sp³-hybridized carbons (Fsp3) is 0.385. The van der Waals surface area contributed by atoms with Crippen molar-refractivity contribution in [3.05, 3.63) is 35.4 Å². The number of rotatable bonds is 2. The Balaban J connectivity index is 2.17. The molecule has 0 spiro atoms. The van der Waals surface area contributed by atoms with Gasteiger partial charge in [-0.05, 0) is 31.9 Å². The summed E-state index contributed by atoms with van der Waals surface area (Å²) in [6.45, 7) is 1.93. The summed E-state index contributed by atoms with van der Waals surface area (Å²) < 4.78 is 2.03. The zero-order valence-corrected chi connectivity index (χ0v) is 9.68. The summed E-state index contributed by atoms with van der Waals surface area (Å²) in [6.07, 6.45) is 5.48. The van der Waals surface area contributed by atoms with Crippen molar-refractivity contribution < 1.29 is 9.90 Å². The first-order valence-electron chi connectivity index (χ1n) is 5.88. The van der Waals surface area contributed by atoms with Gasteiger partial charge in [0, 0.05) is 12.1 Å².